The molecule has 0 unspecified atom stereocenters. The van der Waals surface area contributed by atoms with Gasteiger partial charge in [0.25, 0.3) is 5.92 Å². The van der Waals surface area contributed by atoms with E-state index in [0.29, 0.717) is 54.5 Å². The molecule has 1 fully saturated rings. The number of alkyl halides is 2. The van der Waals surface area contributed by atoms with Crippen LogP contribution in [0.25, 0.3) is 10.9 Å². The molecule has 43 heavy (non-hydrogen) atoms. The number of allylic oxidation sites excluding steroid dienone is 1. The van der Waals surface area contributed by atoms with Crippen LogP contribution in [0.2, 0.25) is 5.02 Å². The van der Waals surface area contributed by atoms with E-state index in [-0.39, 0.29) is 34.4 Å². The van der Waals surface area contributed by atoms with E-state index in [2.05, 4.69) is 40.5 Å². The molecule has 0 bridgehead atoms. The SMILES string of the molecule is O=C(C=CC(F)(F)CCCCN1CCOCC1)Nc1cc2c(Nc3ccc(C(=O)c4ncc[nH]4)c(Cl)c3)ncnc2cn1. The molecule has 1 saturated heterocycles. The number of ether oxygens (including phenoxy) is 1. The number of halogens is 3. The van der Waals surface area contributed by atoms with Crippen LogP contribution in [0.5, 0.6) is 0 Å². The van der Waals surface area contributed by atoms with Gasteiger partial charge >= 0.3 is 0 Å². The lowest BCUT2D eigenvalue weighted by Crippen LogP contribution is -2.36. The van der Waals surface area contributed by atoms with Crippen molar-refractivity contribution in [3.05, 3.63) is 77.7 Å². The summed E-state index contributed by atoms with van der Waals surface area (Å²) in [5.74, 6) is -3.52. The third kappa shape index (κ3) is 8.15. The Kier molecular flexibility index (Phi) is 9.65. The number of hydrogen-bond acceptors (Lipinski definition) is 9. The van der Waals surface area contributed by atoms with Crippen molar-refractivity contribution in [2.45, 2.75) is 25.2 Å². The number of unbranched alkanes of at least 4 members (excludes halogenated alkanes) is 1. The highest BCUT2D eigenvalue weighted by Gasteiger charge is 2.25. The molecule has 1 aromatic carbocycles. The fraction of sp³-hybridized carbons (Fsp3) is 0.310. The molecule has 224 valence electrons. The molecule has 3 aromatic heterocycles. The van der Waals surface area contributed by atoms with Crippen LogP contribution in [0.15, 0.2) is 61.3 Å². The number of hydrogen-bond donors (Lipinski definition) is 3. The summed E-state index contributed by atoms with van der Waals surface area (Å²) < 4.78 is 34.0. The van der Waals surface area contributed by atoms with E-state index in [1.54, 1.807) is 24.4 Å². The molecule has 1 aliphatic rings. The van der Waals surface area contributed by atoms with Gasteiger partial charge in [-0.1, -0.05) is 11.6 Å². The highest BCUT2D eigenvalue weighted by molar-refractivity contribution is 6.35. The van der Waals surface area contributed by atoms with Gasteiger partial charge in [0.15, 0.2) is 5.82 Å². The van der Waals surface area contributed by atoms with E-state index in [9.17, 15) is 18.4 Å². The second-order valence-corrected chi connectivity index (χ2v) is 10.3. The molecule has 11 nitrogen and oxygen atoms in total. The number of rotatable bonds is 12. The Bertz CT molecular complexity index is 1610. The molecule has 0 saturated carbocycles. The van der Waals surface area contributed by atoms with Crippen molar-refractivity contribution in [1.29, 1.82) is 0 Å². The van der Waals surface area contributed by atoms with Crippen LogP contribution in [-0.2, 0) is 9.53 Å². The first-order valence-electron chi connectivity index (χ1n) is 13.7. The Morgan fingerprint density at radius 3 is 2.72 bits per heavy atom. The number of fused-ring (bicyclic) bond motifs is 1. The van der Waals surface area contributed by atoms with E-state index in [0.717, 1.165) is 25.7 Å². The van der Waals surface area contributed by atoms with Crippen LogP contribution < -0.4 is 10.6 Å². The summed E-state index contributed by atoms with van der Waals surface area (Å²) in [5.41, 5.74) is 1.29. The second kappa shape index (κ2) is 13.8. The van der Waals surface area contributed by atoms with Crippen LogP contribution in [0.3, 0.4) is 0 Å². The van der Waals surface area contributed by atoms with E-state index in [1.165, 1.54) is 24.8 Å². The summed E-state index contributed by atoms with van der Waals surface area (Å²) in [5, 5.41) is 6.35. The van der Waals surface area contributed by atoms with Gasteiger partial charge in [0.1, 0.15) is 18.0 Å². The van der Waals surface area contributed by atoms with Gasteiger partial charge in [-0.15, -0.1) is 0 Å². The Balaban J connectivity index is 1.20. The number of nitrogens with zero attached hydrogens (tertiary/aromatic N) is 5. The topological polar surface area (TPSA) is 138 Å². The molecule has 14 heteroatoms. The number of anilines is 3. The molecule has 1 aliphatic heterocycles. The largest absolute Gasteiger partial charge is 0.379 e. The van der Waals surface area contributed by atoms with Crippen molar-refractivity contribution in [3.8, 4) is 0 Å². The Morgan fingerprint density at radius 1 is 1.12 bits per heavy atom. The van der Waals surface area contributed by atoms with Gasteiger partial charge in [0.2, 0.25) is 11.7 Å². The molecular formula is C29H29ClF2N8O3. The zero-order chi connectivity index (χ0) is 30.2. The van der Waals surface area contributed by atoms with Gasteiger partial charge in [0, 0.05) is 54.6 Å². The smallest absolute Gasteiger partial charge is 0.266 e. The van der Waals surface area contributed by atoms with Crippen molar-refractivity contribution in [3.63, 3.8) is 0 Å². The molecular weight excluding hydrogens is 582 g/mol. The maximum atomic E-state index is 14.4. The van der Waals surface area contributed by atoms with Crippen molar-refractivity contribution >= 4 is 51.5 Å². The molecule has 3 N–H and O–H groups in total. The quantitative estimate of drug-likeness (QED) is 0.115. The van der Waals surface area contributed by atoms with Crippen LogP contribution in [-0.4, -0.2) is 80.3 Å². The number of H-pyrrole nitrogens is 1. The number of benzene rings is 1. The number of ketones is 1. The van der Waals surface area contributed by atoms with Crippen LogP contribution in [0, 0.1) is 0 Å². The minimum absolute atomic E-state index is 0.131. The molecule has 5 rings (SSSR count). The first-order chi connectivity index (χ1) is 20.8. The summed E-state index contributed by atoms with van der Waals surface area (Å²) in [7, 11) is 0. The Labute approximate surface area is 250 Å². The number of morpholine rings is 1. The summed E-state index contributed by atoms with van der Waals surface area (Å²) in [4.78, 5) is 46.6. The third-order valence-corrected chi connectivity index (χ3v) is 7.09. The van der Waals surface area contributed by atoms with E-state index in [1.807, 2.05) is 0 Å². The van der Waals surface area contributed by atoms with Crippen molar-refractivity contribution in [1.82, 2.24) is 29.8 Å². The number of pyridine rings is 1. The highest BCUT2D eigenvalue weighted by atomic mass is 35.5. The summed E-state index contributed by atoms with van der Waals surface area (Å²) in [6, 6.07) is 6.33. The molecule has 0 spiro atoms. The van der Waals surface area contributed by atoms with Crippen LogP contribution in [0.1, 0.15) is 35.4 Å². The van der Waals surface area contributed by atoms with Gasteiger partial charge in [0.05, 0.1) is 29.9 Å². The van der Waals surface area contributed by atoms with Crippen molar-refractivity contribution in [2.24, 2.45) is 0 Å². The second-order valence-electron chi connectivity index (χ2n) is 9.89. The average Bonchev–Trinajstić information content (AvgIpc) is 3.55. The highest BCUT2D eigenvalue weighted by Crippen LogP contribution is 2.28. The van der Waals surface area contributed by atoms with Crippen LogP contribution in [0.4, 0.5) is 26.1 Å². The zero-order valence-electron chi connectivity index (χ0n) is 23.0. The fourth-order valence-corrected chi connectivity index (χ4v) is 4.79. The number of nitrogens with one attached hydrogen (secondary N) is 3. The third-order valence-electron chi connectivity index (χ3n) is 6.78. The first kappa shape index (κ1) is 30.1. The fourth-order valence-electron chi connectivity index (χ4n) is 4.53. The summed E-state index contributed by atoms with van der Waals surface area (Å²) in [6.45, 7) is 3.73. The molecule has 4 heterocycles. The lowest BCUT2D eigenvalue weighted by atomic mass is 10.1. The number of aromatic nitrogens is 5. The van der Waals surface area contributed by atoms with Crippen molar-refractivity contribution < 1.29 is 23.1 Å². The predicted molar refractivity (Wildman–Crippen MR) is 158 cm³/mol. The number of carbonyl (C=O) groups is 2. The number of aromatic amines is 1. The molecule has 0 atom stereocenters. The molecule has 0 aliphatic carbocycles. The van der Waals surface area contributed by atoms with Gasteiger partial charge in [-0.25, -0.2) is 28.7 Å². The number of carbonyl (C=O) groups excluding carboxylic acids is 2. The minimum atomic E-state index is -3.11. The van der Waals surface area contributed by atoms with Gasteiger partial charge in [-0.2, -0.15) is 0 Å². The number of amides is 1. The Hall–Kier alpha value is -4.33. The standard InChI is InChI=1S/C29H29ClF2N8O3/c30-22-15-19(3-4-20(22)26(42)28-33-8-9-34-28)38-27-21-16-24(35-17-23(21)36-18-37-27)39-25(41)5-7-29(31,32)6-1-2-10-40-11-13-43-14-12-40/h3-5,7-9,15-18H,1-2,6,10-14H2,(H,33,34)(H,35,39,41)(H,36,37,38). The van der Waals surface area contributed by atoms with E-state index in [4.69, 9.17) is 16.3 Å². The van der Waals surface area contributed by atoms with Gasteiger partial charge in [-0.3, -0.25) is 14.5 Å². The lowest BCUT2D eigenvalue weighted by molar-refractivity contribution is -0.112. The predicted octanol–water partition coefficient (Wildman–Crippen LogP) is 5.01. The van der Waals surface area contributed by atoms with Gasteiger partial charge in [-0.05, 0) is 49.7 Å². The van der Waals surface area contributed by atoms with E-state index < -0.39 is 11.8 Å². The summed E-state index contributed by atoms with van der Waals surface area (Å²) in [6.07, 6.45) is 7.88. The van der Waals surface area contributed by atoms with Crippen molar-refractivity contribution in [2.75, 3.05) is 43.5 Å². The van der Waals surface area contributed by atoms with Gasteiger partial charge < -0.3 is 20.4 Å². The maximum absolute atomic E-state index is 14.4. The molecule has 0 radical (unpaired) electrons. The maximum Gasteiger partial charge on any atom is 0.266 e. The zero-order valence-corrected chi connectivity index (χ0v) is 23.8. The number of imidazole rings is 1. The molecule has 1 amide bonds. The summed E-state index contributed by atoms with van der Waals surface area (Å²) >= 11 is 6.38. The minimum Gasteiger partial charge on any atom is -0.379 e. The van der Waals surface area contributed by atoms with E-state index >= 15 is 0 Å². The average molecular weight is 611 g/mol. The lowest BCUT2D eigenvalue weighted by Gasteiger charge is -2.26. The molecule has 4 aromatic rings. The van der Waals surface area contributed by atoms with Crippen LogP contribution >= 0.6 is 11.6 Å². The normalized spacial score (nSPS) is 14.3. The first-order valence-corrected chi connectivity index (χ1v) is 14.0. The monoisotopic (exact) mass is 610 g/mol. The Morgan fingerprint density at radius 2 is 1.95 bits per heavy atom.